The van der Waals surface area contributed by atoms with Crippen LogP contribution in [-0.2, 0) is 16.2 Å². The molecule has 0 unspecified atom stereocenters. The molecule has 0 bridgehead atoms. The molecule has 6 nitrogen and oxygen atoms in total. The molecular weight excluding hydrogens is 408 g/mol. The molecule has 0 aromatic heterocycles. The SMILES string of the molecule is C=C(CCCCCC)C(=O)O.COc1ccc(COc2ccc(C=CC(=O)O)cc2)cc1. The topological polar surface area (TPSA) is 93.1 Å². The largest absolute Gasteiger partial charge is 0.497 e. The first-order chi connectivity index (χ1) is 15.3. The first-order valence-electron chi connectivity index (χ1n) is 10.5. The molecule has 6 heteroatoms. The van der Waals surface area contributed by atoms with Crippen LogP contribution < -0.4 is 9.47 Å². The average molecular weight is 441 g/mol. The van der Waals surface area contributed by atoms with E-state index in [4.69, 9.17) is 19.7 Å². The molecule has 2 aromatic rings. The van der Waals surface area contributed by atoms with E-state index in [0.717, 1.165) is 41.5 Å². The smallest absolute Gasteiger partial charge is 0.330 e. The number of aliphatic carboxylic acids is 2. The molecule has 2 aromatic carbocycles. The third kappa shape index (κ3) is 11.6. The summed E-state index contributed by atoms with van der Waals surface area (Å²) in [5.41, 5.74) is 2.20. The molecule has 0 radical (unpaired) electrons. The number of rotatable bonds is 12. The first-order valence-corrected chi connectivity index (χ1v) is 10.5. The molecular formula is C26H32O6. The minimum atomic E-state index is -0.963. The molecule has 0 atom stereocenters. The maximum absolute atomic E-state index is 10.4. The zero-order valence-electron chi connectivity index (χ0n) is 18.8. The van der Waals surface area contributed by atoms with Gasteiger partial charge in [0.15, 0.2) is 0 Å². The fourth-order valence-corrected chi connectivity index (χ4v) is 2.60. The Morgan fingerprint density at radius 2 is 1.56 bits per heavy atom. The van der Waals surface area contributed by atoms with E-state index in [2.05, 4.69) is 13.5 Å². The second-order valence-electron chi connectivity index (χ2n) is 7.10. The van der Waals surface area contributed by atoms with Crippen molar-refractivity contribution in [3.63, 3.8) is 0 Å². The van der Waals surface area contributed by atoms with Crippen LogP contribution in [0.15, 0.2) is 66.8 Å². The summed E-state index contributed by atoms with van der Waals surface area (Å²) >= 11 is 0. The van der Waals surface area contributed by atoms with Gasteiger partial charge in [0.2, 0.25) is 0 Å². The number of carboxylic acid groups (broad SMARTS) is 2. The number of benzene rings is 2. The Kier molecular flexibility index (Phi) is 12.7. The van der Waals surface area contributed by atoms with Crippen LogP contribution in [0.4, 0.5) is 0 Å². The molecule has 0 amide bonds. The summed E-state index contributed by atoms with van der Waals surface area (Å²) in [4.78, 5) is 20.7. The van der Waals surface area contributed by atoms with Crippen LogP contribution in [0, 0.1) is 0 Å². The highest BCUT2D eigenvalue weighted by molar-refractivity contribution is 5.85. The van der Waals surface area contributed by atoms with Gasteiger partial charge in [-0.1, -0.05) is 57.0 Å². The van der Waals surface area contributed by atoms with E-state index >= 15 is 0 Å². The molecule has 172 valence electrons. The number of hydrogen-bond acceptors (Lipinski definition) is 4. The van der Waals surface area contributed by atoms with Crippen molar-refractivity contribution in [2.45, 2.75) is 45.6 Å². The number of carbonyl (C=O) groups is 2. The van der Waals surface area contributed by atoms with E-state index in [1.54, 1.807) is 7.11 Å². The normalized spacial score (nSPS) is 10.2. The Morgan fingerprint density at radius 3 is 2.09 bits per heavy atom. The van der Waals surface area contributed by atoms with Gasteiger partial charge in [0.05, 0.1) is 7.11 Å². The Morgan fingerprint density at radius 1 is 0.938 bits per heavy atom. The Bertz CT molecular complexity index is 866. The fraction of sp³-hybridized carbons (Fsp3) is 0.308. The molecule has 0 aliphatic carbocycles. The van der Waals surface area contributed by atoms with Gasteiger partial charge in [0.25, 0.3) is 0 Å². The molecule has 0 spiro atoms. The standard InChI is InChI=1S/C17H16O4.C9H16O2/c1-20-15-7-4-14(5-8-15)12-21-16-9-2-13(3-10-16)6-11-17(18)19;1-3-4-5-6-7-8(2)9(10)11/h2-11H,12H2,1H3,(H,18,19);2-7H2,1H3,(H,10,11). The summed E-state index contributed by atoms with van der Waals surface area (Å²) in [7, 11) is 1.63. The highest BCUT2D eigenvalue weighted by Gasteiger charge is 2.02. The van der Waals surface area contributed by atoms with Crippen molar-refractivity contribution >= 4 is 18.0 Å². The van der Waals surface area contributed by atoms with Gasteiger partial charge in [-0.2, -0.15) is 0 Å². The first kappa shape index (κ1) is 26.5. The summed E-state index contributed by atoms with van der Waals surface area (Å²) in [6.07, 6.45) is 7.71. The lowest BCUT2D eigenvalue weighted by atomic mass is 10.1. The molecule has 0 fully saturated rings. The van der Waals surface area contributed by atoms with Crippen LogP contribution in [0.5, 0.6) is 11.5 Å². The van der Waals surface area contributed by atoms with Crippen LogP contribution in [0.2, 0.25) is 0 Å². The lowest BCUT2D eigenvalue weighted by molar-refractivity contribution is -0.133. The second kappa shape index (κ2) is 15.3. The van der Waals surface area contributed by atoms with E-state index in [0.29, 0.717) is 18.6 Å². The van der Waals surface area contributed by atoms with Crippen molar-refractivity contribution in [1.29, 1.82) is 0 Å². The average Bonchev–Trinajstić information content (AvgIpc) is 2.80. The van der Waals surface area contributed by atoms with Crippen molar-refractivity contribution in [2.75, 3.05) is 7.11 Å². The zero-order valence-corrected chi connectivity index (χ0v) is 18.8. The summed E-state index contributed by atoms with van der Waals surface area (Å²) < 4.78 is 10.8. The van der Waals surface area contributed by atoms with Crippen LogP contribution >= 0.6 is 0 Å². The summed E-state index contributed by atoms with van der Waals surface area (Å²) in [5, 5.41) is 17.0. The molecule has 0 heterocycles. The zero-order chi connectivity index (χ0) is 23.8. The lowest BCUT2D eigenvalue weighted by Gasteiger charge is -2.07. The lowest BCUT2D eigenvalue weighted by Crippen LogP contribution is -1.98. The van der Waals surface area contributed by atoms with Gasteiger partial charge < -0.3 is 19.7 Å². The van der Waals surface area contributed by atoms with Crippen LogP contribution in [0.25, 0.3) is 6.08 Å². The highest BCUT2D eigenvalue weighted by atomic mass is 16.5. The predicted octanol–water partition coefficient (Wildman–Crippen LogP) is 5.97. The molecule has 32 heavy (non-hydrogen) atoms. The minimum absolute atomic E-state index is 0.334. The monoisotopic (exact) mass is 440 g/mol. The van der Waals surface area contributed by atoms with Crippen molar-refractivity contribution in [3.8, 4) is 11.5 Å². The van der Waals surface area contributed by atoms with Gasteiger partial charge in [0.1, 0.15) is 18.1 Å². The Labute approximate surface area is 189 Å². The maximum Gasteiger partial charge on any atom is 0.330 e. The van der Waals surface area contributed by atoms with E-state index in [1.165, 1.54) is 18.9 Å². The molecule has 0 saturated carbocycles. The molecule has 0 saturated heterocycles. The number of methoxy groups -OCH3 is 1. The predicted molar refractivity (Wildman–Crippen MR) is 126 cm³/mol. The van der Waals surface area contributed by atoms with Crippen molar-refractivity contribution in [1.82, 2.24) is 0 Å². The quantitative estimate of drug-likeness (QED) is 0.312. The number of ether oxygens (including phenoxy) is 2. The van der Waals surface area contributed by atoms with Crippen molar-refractivity contribution in [3.05, 3.63) is 77.9 Å². The third-order valence-electron chi connectivity index (χ3n) is 4.50. The van der Waals surface area contributed by atoms with E-state index in [1.807, 2.05) is 48.5 Å². The molecule has 0 aliphatic heterocycles. The van der Waals surface area contributed by atoms with E-state index in [-0.39, 0.29) is 0 Å². The van der Waals surface area contributed by atoms with Gasteiger partial charge in [0, 0.05) is 11.6 Å². The number of carboxylic acids is 2. The van der Waals surface area contributed by atoms with Gasteiger partial charge in [-0.25, -0.2) is 9.59 Å². The fourth-order valence-electron chi connectivity index (χ4n) is 2.60. The molecule has 2 rings (SSSR count). The minimum Gasteiger partial charge on any atom is -0.497 e. The van der Waals surface area contributed by atoms with Crippen LogP contribution in [0.1, 0.15) is 50.2 Å². The molecule has 2 N–H and O–H groups in total. The molecule has 0 aliphatic rings. The van der Waals surface area contributed by atoms with Gasteiger partial charge in [-0.05, 0) is 54.3 Å². The highest BCUT2D eigenvalue weighted by Crippen LogP contribution is 2.17. The van der Waals surface area contributed by atoms with Gasteiger partial charge >= 0.3 is 11.9 Å². The van der Waals surface area contributed by atoms with Crippen LogP contribution in [-0.4, -0.2) is 29.3 Å². The maximum atomic E-state index is 10.4. The number of unbranched alkanes of at least 4 members (excludes halogenated alkanes) is 3. The van der Waals surface area contributed by atoms with Gasteiger partial charge in [-0.3, -0.25) is 0 Å². The van der Waals surface area contributed by atoms with Crippen LogP contribution in [0.3, 0.4) is 0 Å². The van der Waals surface area contributed by atoms with E-state index < -0.39 is 11.9 Å². The second-order valence-corrected chi connectivity index (χ2v) is 7.10. The Balaban J connectivity index is 0.000000396. The summed E-state index contributed by atoms with van der Waals surface area (Å²) in [6, 6.07) is 14.9. The third-order valence-corrected chi connectivity index (χ3v) is 4.50. The van der Waals surface area contributed by atoms with Crippen molar-refractivity contribution in [2.24, 2.45) is 0 Å². The Hall–Kier alpha value is -3.54. The summed E-state index contributed by atoms with van der Waals surface area (Å²) in [5.74, 6) is -0.275. The number of hydrogen-bond donors (Lipinski definition) is 2. The van der Waals surface area contributed by atoms with Crippen molar-refractivity contribution < 1.29 is 29.3 Å². The summed E-state index contributed by atoms with van der Waals surface area (Å²) in [6.45, 7) is 6.05. The van der Waals surface area contributed by atoms with Gasteiger partial charge in [-0.15, -0.1) is 0 Å². The van der Waals surface area contributed by atoms with E-state index in [9.17, 15) is 9.59 Å².